The summed E-state index contributed by atoms with van der Waals surface area (Å²) in [5.41, 5.74) is 1.08. The van der Waals surface area contributed by atoms with Gasteiger partial charge in [0.1, 0.15) is 5.75 Å². The number of nitrogens with zero attached hydrogens (tertiary/aromatic N) is 1. The molecule has 1 aliphatic heterocycles. The van der Waals surface area contributed by atoms with Crippen molar-refractivity contribution < 1.29 is 9.53 Å². The van der Waals surface area contributed by atoms with E-state index >= 15 is 0 Å². The Balaban J connectivity index is 2.13. The average molecular weight is 296 g/mol. The summed E-state index contributed by atoms with van der Waals surface area (Å²) in [6.45, 7) is 0.609. The summed E-state index contributed by atoms with van der Waals surface area (Å²) < 4.78 is 6.08. The summed E-state index contributed by atoms with van der Waals surface area (Å²) in [5, 5.41) is 0. The molecule has 0 spiro atoms. The second kappa shape index (κ2) is 5.36. The lowest BCUT2D eigenvalue weighted by atomic mass is 10.1. The third-order valence-electron chi connectivity index (χ3n) is 2.70. The third kappa shape index (κ3) is 2.88. The van der Waals surface area contributed by atoms with Crippen LogP contribution in [0.25, 0.3) is 0 Å². The van der Waals surface area contributed by atoms with Crippen LogP contribution in [0.2, 0.25) is 0 Å². The van der Waals surface area contributed by atoms with E-state index in [9.17, 15) is 4.79 Å². The Morgan fingerprint density at radius 1 is 1.47 bits per heavy atom. The molecule has 0 fully saturated rings. The van der Waals surface area contributed by atoms with E-state index in [1.807, 2.05) is 30.5 Å². The monoisotopic (exact) mass is 295 g/mol. The van der Waals surface area contributed by atoms with Crippen LogP contribution in [0.1, 0.15) is 18.4 Å². The fraction of sp³-hybridized carbons (Fsp3) is 0.308. The lowest BCUT2D eigenvalue weighted by molar-refractivity contribution is -0.129. The quantitative estimate of drug-likeness (QED) is 0.858. The van der Waals surface area contributed by atoms with Gasteiger partial charge in [-0.15, -0.1) is 0 Å². The molecule has 1 amide bonds. The van der Waals surface area contributed by atoms with Crippen molar-refractivity contribution in [3.8, 4) is 5.75 Å². The van der Waals surface area contributed by atoms with Crippen LogP contribution >= 0.6 is 15.9 Å². The van der Waals surface area contributed by atoms with Gasteiger partial charge < -0.3 is 9.64 Å². The molecule has 1 heterocycles. The van der Waals surface area contributed by atoms with E-state index in [1.165, 1.54) is 0 Å². The number of methoxy groups -OCH3 is 1. The van der Waals surface area contributed by atoms with Crippen LogP contribution in [0.15, 0.2) is 34.9 Å². The van der Waals surface area contributed by atoms with E-state index in [0.29, 0.717) is 13.0 Å². The smallest absolute Gasteiger partial charge is 0.227 e. The van der Waals surface area contributed by atoms with Gasteiger partial charge in [0.05, 0.1) is 18.1 Å². The molecule has 17 heavy (non-hydrogen) atoms. The first-order valence-electron chi connectivity index (χ1n) is 5.49. The number of carbonyl (C=O) groups is 1. The lowest BCUT2D eigenvalue weighted by Crippen LogP contribution is -2.27. The maximum atomic E-state index is 11.6. The first-order chi connectivity index (χ1) is 8.20. The standard InChI is InChI=1S/C13H14BrNO2/c1-17-12-6-5-10(8-11(12)14)9-15-7-3-2-4-13(15)16/h3,5-8H,2,4,9H2,1H3. The Bertz CT molecular complexity index is 457. The highest BCUT2D eigenvalue weighted by molar-refractivity contribution is 9.10. The molecule has 1 aliphatic rings. The van der Waals surface area contributed by atoms with E-state index < -0.39 is 0 Å². The van der Waals surface area contributed by atoms with Crippen molar-refractivity contribution >= 4 is 21.8 Å². The topological polar surface area (TPSA) is 29.5 Å². The van der Waals surface area contributed by atoms with E-state index in [0.717, 1.165) is 22.2 Å². The van der Waals surface area contributed by atoms with Gasteiger partial charge in [0.15, 0.2) is 0 Å². The Morgan fingerprint density at radius 3 is 2.94 bits per heavy atom. The molecule has 2 rings (SSSR count). The van der Waals surface area contributed by atoms with Crippen molar-refractivity contribution in [2.45, 2.75) is 19.4 Å². The van der Waals surface area contributed by atoms with E-state index in [2.05, 4.69) is 15.9 Å². The van der Waals surface area contributed by atoms with Crippen LogP contribution in [-0.2, 0) is 11.3 Å². The number of benzene rings is 1. The number of ether oxygens (including phenoxy) is 1. The molecule has 0 aromatic heterocycles. The zero-order valence-electron chi connectivity index (χ0n) is 9.65. The summed E-state index contributed by atoms with van der Waals surface area (Å²) in [6.07, 6.45) is 5.35. The second-order valence-electron chi connectivity index (χ2n) is 3.91. The van der Waals surface area contributed by atoms with Crippen LogP contribution < -0.4 is 4.74 Å². The van der Waals surface area contributed by atoms with Gasteiger partial charge in [0, 0.05) is 12.6 Å². The Kier molecular flexibility index (Phi) is 3.84. The number of rotatable bonds is 3. The van der Waals surface area contributed by atoms with E-state index in [4.69, 9.17) is 4.74 Å². The summed E-state index contributed by atoms with van der Waals surface area (Å²) >= 11 is 3.44. The maximum absolute atomic E-state index is 11.6. The Labute approximate surface area is 109 Å². The predicted octanol–water partition coefficient (Wildman–Crippen LogP) is 3.09. The van der Waals surface area contributed by atoms with Gasteiger partial charge in [0.25, 0.3) is 0 Å². The zero-order chi connectivity index (χ0) is 12.3. The van der Waals surface area contributed by atoms with Crippen molar-refractivity contribution in [2.24, 2.45) is 0 Å². The van der Waals surface area contributed by atoms with Crippen LogP contribution in [0.4, 0.5) is 0 Å². The molecule has 1 aromatic carbocycles. The number of carbonyl (C=O) groups excluding carboxylic acids is 1. The van der Waals surface area contributed by atoms with Gasteiger partial charge in [-0.25, -0.2) is 0 Å². The zero-order valence-corrected chi connectivity index (χ0v) is 11.2. The molecule has 0 atom stereocenters. The first-order valence-corrected chi connectivity index (χ1v) is 6.28. The minimum absolute atomic E-state index is 0.180. The number of hydrogen-bond donors (Lipinski definition) is 0. The highest BCUT2D eigenvalue weighted by Gasteiger charge is 2.14. The van der Waals surface area contributed by atoms with Gasteiger partial charge in [-0.05, 0) is 40.0 Å². The summed E-state index contributed by atoms with van der Waals surface area (Å²) in [4.78, 5) is 13.4. The molecule has 1 aromatic rings. The van der Waals surface area contributed by atoms with Crippen molar-refractivity contribution in [1.29, 1.82) is 0 Å². The SMILES string of the molecule is COc1ccc(CN2C=CCCC2=O)cc1Br. The molecule has 4 heteroatoms. The molecule has 0 saturated heterocycles. The second-order valence-corrected chi connectivity index (χ2v) is 4.77. The molecule has 0 bridgehead atoms. The molecular weight excluding hydrogens is 282 g/mol. The minimum Gasteiger partial charge on any atom is -0.496 e. The first kappa shape index (κ1) is 12.2. The van der Waals surface area contributed by atoms with Gasteiger partial charge in [0.2, 0.25) is 5.91 Å². The molecule has 0 N–H and O–H groups in total. The van der Waals surface area contributed by atoms with Gasteiger partial charge in [-0.2, -0.15) is 0 Å². The number of amides is 1. The summed E-state index contributed by atoms with van der Waals surface area (Å²) in [6, 6.07) is 5.85. The van der Waals surface area contributed by atoms with E-state index in [1.54, 1.807) is 12.0 Å². The third-order valence-corrected chi connectivity index (χ3v) is 3.32. The number of allylic oxidation sites excluding steroid dienone is 1. The molecule has 0 aliphatic carbocycles. The molecular formula is C13H14BrNO2. The van der Waals surface area contributed by atoms with E-state index in [-0.39, 0.29) is 5.91 Å². The van der Waals surface area contributed by atoms with Crippen molar-refractivity contribution in [3.05, 3.63) is 40.5 Å². The lowest BCUT2D eigenvalue weighted by Gasteiger charge is -2.21. The summed E-state index contributed by atoms with van der Waals surface area (Å²) in [5.74, 6) is 0.980. The fourth-order valence-corrected chi connectivity index (χ4v) is 2.37. The molecule has 3 nitrogen and oxygen atoms in total. The van der Waals surface area contributed by atoms with Crippen molar-refractivity contribution in [3.63, 3.8) is 0 Å². The van der Waals surface area contributed by atoms with Crippen LogP contribution in [0.5, 0.6) is 5.75 Å². The van der Waals surface area contributed by atoms with Gasteiger partial charge in [-0.1, -0.05) is 12.1 Å². The largest absolute Gasteiger partial charge is 0.496 e. The molecule has 90 valence electrons. The van der Waals surface area contributed by atoms with Crippen molar-refractivity contribution in [2.75, 3.05) is 7.11 Å². The van der Waals surface area contributed by atoms with Gasteiger partial charge >= 0.3 is 0 Å². The summed E-state index contributed by atoms with van der Waals surface area (Å²) in [7, 11) is 1.64. The highest BCUT2D eigenvalue weighted by atomic mass is 79.9. The molecule has 0 saturated carbocycles. The Hall–Kier alpha value is -1.29. The van der Waals surface area contributed by atoms with Crippen LogP contribution in [0.3, 0.4) is 0 Å². The molecule has 0 radical (unpaired) electrons. The van der Waals surface area contributed by atoms with Crippen LogP contribution in [-0.4, -0.2) is 17.9 Å². The number of halogens is 1. The number of hydrogen-bond acceptors (Lipinski definition) is 2. The minimum atomic E-state index is 0.180. The predicted molar refractivity (Wildman–Crippen MR) is 69.6 cm³/mol. The van der Waals surface area contributed by atoms with Gasteiger partial charge in [-0.3, -0.25) is 4.79 Å². The van der Waals surface area contributed by atoms with Crippen molar-refractivity contribution in [1.82, 2.24) is 4.90 Å². The average Bonchev–Trinajstić information content (AvgIpc) is 2.32. The maximum Gasteiger partial charge on any atom is 0.227 e. The Morgan fingerprint density at radius 2 is 2.29 bits per heavy atom. The fourth-order valence-electron chi connectivity index (χ4n) is 1.78. The highest BCUT2D eigenvalue weighted by Crippen LogP contribution is 2.26. The van der Waals surface area contributed by atoms with Crippen LogP contribution in [0, 0.1) is 0 Å². The molecule has 0 unspecified atom stereocenters. The normalized spacial score (nSPS) is 15.2.